The maximum atomic E-state index is 12.4. The quantitative estimate of drug-likeness (QED) is 0.0321. The summed E-state index contributed by atoms with van der Waals surface area (Å²) < 4.78 is 5.49. The van der Waals surface area contributed by atoms with Crippen molar-refractivity contribution < 1.29 is 24.5 Å². The Morgan fingerprint density at radius 3 is 1.06 bits per heavy atom. The summed E-state index contributed by atoms with van der Waals surface area (Å²) in [6.07, 6.45) is 69.2. The molecule has 0 aromatic heterocycles. The van der Waals surface area contributed by atoms with E-state index in [4.69, 9.17) is 4.74 Å². The van der Waals surface area contributed by atoms with Crippen molar-refractivity contribution >= 4 is 11.9 Å². The van der Waals surface area contributed by atoms with Gasteiger partial charge in [0, 0.05) is 12.8 Å². The van der Waals surface area contributed by atoms with Gasteiger partial charge in [-0.25, -0.2) is 0 Å². The first kappa shape index (κ1) is 65.3. The van der Waals surface area contributed by atoms with Gasteiger partial charge in [0.2, 0.25) is 5.91 Å². The first-order chi connectivity index (χ1) is 33.0. The third-order valence-electron chi connectivity index (χ3n) is 14.0. The standard InChI is InChI=1S/C61H117NO5/c1-3-5-7-9-11-13-15-17-26-31-35-39-43-47-51-55-61(66)67-56-52-48-44-40-36-32-28-25-23-21-19-18-20-22-24-27-30-34-38-42-46-50-54-60(65)62-58(57-63)59(64)53-49-45-41-37-33-29-16-14-12-10-8-6-4-2/h20,22,49,53,58-59,63-64H,3-19,21,23-48,50-52,54-57H2,1-2H3,(H,62,65)/b22-20-,53-49+. The maximum Gasteiger partial charge on any atom is 0.305 e. The zero-order valence-electron chi connectivity index (χ0n) is 45.1. The van der Waals surface area contributed by atoms with Gasteiger partial charge in [-0.2, -0.15) is 0 Å². The molecule has 0 heterocycles. The van der Waals surface area contributed by atoms with Gasteiger partial charge in [0.05, 0.1) is 25.4 Å². The number of esters is 1. The Hall–Kier alpha value is -1.66. The fourth-order valence-corrected chi connectivity index (χ4v) is 9.34. The predicted molar refractivity (Wildman–Crippen MR) is 292 cm³/mol. The SMILES string of the molecule is CCCCCCCCCCCCC/C=C/C(O)C(CO)NC(=O)CCCCCCCCC/C=C\CCCCCCCCCCCCCOC(=O)CCCCCCCCCCCCCCCCC. The van der Waals surface area contributed by atoms with Crippen LogP contribution in [0.5, 0.6) is 0 Å². The molecule has 67 heavy (non-hydrogen) atoms. The van der Waals surface area contributed by atoms with Gasteiger partial charge >= 0.3 is 5.97 Å². The number of ether oxygens (including phenoxy) is 1. The molecule has 0 saturated heterocycles. The Labute approximate surface area is 418 Å². The number of allylic oxidation sites excluding steroid dienone is 3. The summed E-state index contributed by atoms with van der Waals surface area (Å²) in [6, 6.07) is -0.632. The van der Waals surface area contributed by atoms with Crippen LogP contribution < -0.4 is 5.32 Å². The van der Waals surface area contributed by atoms with Crippen molar-refractivity contribution in [1.29, 1.82) is 0 Å². The number of carbonyl (C=O) groups is 2. The number of unbranched alkanes of at least 4 members (excludes halogenated alkanes) is 43. The minimum absolute atomic E-state index is 0.0124. The Bertz CT molecular complexity index is 1040. The van der Waals surface area contributed by atoms with E-state index in [0.717, 1.165) is 44.9 Å². The lowest BCUT2D eigenvalue weighted by molar-refractivity contribution is -0.143. The van der Waals surface area contributed by atoms with Gasteiger partial charge in [-0.05, 0) is 57.8 Å². The normalized spacial score (nSPS) is 12.7. The lowest BCUT2D eigenvalue weighted by Crippen LogP contribution is -2.45. The van der Waals surface area contributed by atoms with Gasteiger partial charge in [0.15, 0.2) is 0 Å². The highest BCUT2D eigenvalue weighted by molar-refractivity contribution is 5.76. The molecular weight excluding hydrogens is 827 g/mol. The molecule has 2 unspecified atom stereocenters. The van der Waals surface area contributed by atoms with Crippen LogP contribution in [0.25, 0.3) is 0 Å². The van der Waals surface area contributed by atoms with Crippen LogP contribution in [-0.4, -0.2) is 47.4 Å². The summed E-state index contributed by atoms with van der Waals surface area (Å²) in [5.74, 6) is -0.0620. The molecule has 1 amide bonds. The summed E-state index contributed by atoms with van der Waals surface area (Å²) in [5.41, 5.74) is 0. The van der Waals surface area contributed by atoms with Crippen LogP contribution in [-0.2, 0) is 14.3 Å². The van der Waals surface area contributed by atoms with E-state index in [2.05, 4.69) is 31.3 Å². The number of aliphatic hydroxyl groups is 2. The highest BCUT2D eigenvalue weighted by Gasteiger charge is 2.18. The molecule has 396 valence electrons. The topological polar surface area (TPSA) is 95.9 Å². The maximum absolute atomic E-state index is 12.4. The van der Waals surface area contributed by atoms with E-state index in [1.165, 1.54) is 257 Å². The zero-order valence-corrected chi connectivity index (χ0v) is 45.1. The van der Waals surface area contributed by atoms with Crippen molar-refractivity contribution in [3.8, 4) is 0 Å². The van der Waals surface area contributed by atoms with E-state index in [1.54, 1.807) is 6.08 Å². The lowest BCUT2D eigenvalue weighted by Gasteiger charge is -2.20. The average molecular weight is 945 g/mol. The van der Waals surface area contributed by atoms with Crippen LogP contribution in [0.3, 0.4) is 0 Å². The number of rotatable bonds is 56. The summed E-state index contributed by atoms with van der Waals surface area (Å²) in [6.45, 7) is 4.91. The van der Waals surface area contributed by atoms with Gasteiger partial charge in [-0.15, -0.1) is 0 Å². The molecule has 0 aromatic rings. The molecule has 0 aliphatic heterocycles. The van der Waals surface area contributed by atoms with Gasteiger partial charge in [0.1, 0.15) is 0 Å². The number of carbonyl (C=O) groups excluding carboxylic acids is 2. The summed E-state index contributed by atoms with van der Waals surface area (Å²) in [4.78, 5) is 24.5. The molecule has 0 aromatic carbocycles. The second-order valence-corrected chi connectivity index (χ2v) is 20.7. The van der Waals surface area contributed by atoms with Crippen molar-refractivity contribution in [2.24, 2.45) is 0 Å². The van der Waals surface area contributed by atoms with Crippen molar-refractivity contribution in [2.45, 2.75) is 341 Å². The highest BCUT2D eigenvalue weighted by atomic mass is 16.5. The van der Waals surface area contributed by atoms with Crippen LogP contribution in [0.4, 0.5) is 0 Å². The number of aliphatic hydroxyl groups excluding tert-OH is 2. The minimum atomic E-state index is -0.847. The molecular formula is C61H117NO5. The first-order valence-corrected chi connectivity index (χ1v) is 30.1. The third-order valence-corrected chi connectivity index (χ3v) is 14.0. The number of hydrogen-bond donors (Lipinski definition) is 3. The van der Waals surface area contributed by atoms with Gasteiger partial charge < -0.3 is 20.3 Å². The first-order valence-electron chi connectivity index (χ1n) is 30.1. The van der Waals surface area contributed by atoms with E-state index in [1.807, 2.05) is 6.08 Å². The lowest BCUT2D eigenvalue weighted by atomic mass is 10.0. The molecule has 2 atom stereocenters. The van der Waals surface area contributed by atoms with E-state index >= 15 is 0 Å². The monoisotopic (exact) mass is 944 g/mol. The minimum Gasteiger partial charge on any atom is -0.466 e. The molecule has 6 nitrogen and oxygen atoms in total. The van der Waals surface area contributed by atoms with Crippen LogP contribution in [0.15, 0.2) is 24.3 Å². The van der Waals surface area contributed by atoms with Crippen molar-refractivity contribution in [3.63, 3.8) is 0 Å². The van der Waals surface area contributed by atoms with Gasteiger partial charge in [0.25, 0.3) is 0 Å². The summed E-state index contributed by atoms with van der Waals surface area (Å²) in [7, 11) is 0. The van der Waals surface area contributed by atoms with Crippen molar-refractivity contribution in [1.82, 2.24) is 5.32 Å². The smallest absolute Gasteiger partial charge is 0.305 e. The van der Waals surface area contributed by atoms with E-state index in [9.17, 15) is 19.8 Å². The Kier molecular flexibility index (Phi) is 55.5. The average Bonchev–Trinajstić information content (AvgIpc) is 3.33. The third kappa shape index (κ3) is 53.5. The van der Waals surface area contributed by atoms with Crippen LogP contribution >= 0.6 is 0 Å². The molecule has 0 bridgehead atoms. The number of hydrogen-bond acceptors (Lipinski definition) is 5. The van der Waals surface area contributed by atoms with Crippen LogP contribution in [0.2, 0.25) is 0 Å². The summed E-state index contributed by atoms with van der Waals surface area (Å²) >= 11 is 0. The van der Waals surface area contributed by atoms with E-state index < -0.39 is 12.1 Å². The molecule has 3 N–H and O–H groups in total. The molecule has 0 saturated carbocycles. The van der Waals surface area contributed by atoms with Crippen LogP contribution in [0.1, 0.15) is 328 Å². The highest BCUT2D eigenvalue weighted by Crippen LogP contribution is 2.17. The van der Waals surface area contributed by atoms with Gasteiger partial charge in [-0.3, -0.25) is 9.59 Å². The number of amides is 1. The molecule has 0 rings (SSSR count). The Morgan fingerprint density at radius 1 is 0.403 bits per heavy atom. The fourth-order valence-electron chi connectivity index (χ4n) is 9.34. The largest absolute Gasteiger partial charge is 0.466 e. The molecule has 0 fully saturated rings. The Balaban J connectivity index is 3.42. The van der Waals surface area contributed by atoms with Crippen LogP contribution in [0, 0.1) is 0 Å². The molecule has 0 aliphatic carbocycles. The van der Waals surface area contributed by atoms with Crippen molar-refractivity contribution in [2.75, 3.05) is 13.2 Å². The number of nitrogens with one attached hydrogen (secondary N) is 1. The second-order valence-electron chi connectivity index (χ2n) is 20.7. The predicted octanol–water partition coefficient (Wildman–Crippen LogP) is 18.6. The fraction of sp³-hybridized carbons (Fsp3) is 0.902. The zero-order chi connectivity index (χ0) is 48.6. The molecule has 0 spiro atoms. The van der Waals surface area contributed by atoms with Gasteiger partial charge in [-0.1, -0.05) is 282 Å². The van der Waals surface area contributed by atoms with Crippen molar-refractivity contribution in [3.05, 3.63) is 24.3 Å². The van der Waals surface area contributed by atoms with E-state index in [-0.39, 0.29) is 18.5 Å². The molecule has 0 aliphatic rings. The summed E-state index contributed by atoms with van der Waals surface area (Å²) in [5, 5.41) is 23.1. The molecule has 0 radical (unpaired) electrons. The Morgan fingerprint density at radius 2 is 0.701 bits per heavy atom. The van der Waals surface area contributed by atoms with E-state index in [0.29, 0.717) is 19.4 Å². The second kappa shape index (κ2) is 56.9. The molecule has 6 heteroatoms.